The number of hydrogen-bond acceptors (Lipinski definition) is 5. The third-order valence-corrected chi connectivity index (χ3v) is 5.41. The second-order valence-electron chi connectivity index (χ2n) is 7.52. The number of aryl methyl sites for hydroxylation is 1. The molecule has 1 aliphatic heterocycles. The summed E-state index contributed by atoms with van der Waals surface area (Å²) in [6, 6.07) is 7.90. The average Bonchev–Trinajstić information content (AvgIpc) is 3.32. The normalized spacial score (nSPS) is 17.9. The van der Waals surface area contributed by atoms with Gasteiger partial charge in [-0.05, 0) is 44.9 Å². The number of fused-ring (bicyclic) bond motifs is 1. The lowest BCUT2D eigenvalue weighted by atomic mass is 9.94. The summed E-state index contributed by atoms with van der Waals surface area (Å²) in [6.45, 7) is 7.55. The van der Waals surface area contributed by atoms with E-state index < -0.39 is 0 Å². The van der Waals surface area contributed by atoms with Crippen LogP contribution in [0.25, 0.3) is 5.65 Å². The van der Waals surface area contributed by atoms with Crippen molar-refractivity contribution >= 4 is 11.6 Å². The fourth-order valence-electron chi connectivity index (χ4n) is 3.92. The number of amides is 1. The molecule has 1 saturated heterocycles. The molecule has 0 aliphatic carbocycles. The van der Waals surface area contributed by atoms with Gasteiger partial charge in [-0.3, -0.25) is 9.69 Å². The van der Waals surface area contributed by atoms with E-state index in [1.54, 1.807) is 6.07 Å². The molecule has 3 aromatic rings. The first kappa shape index (κ1) is 18.7. The Bertz CT molecular complexity index is 961. The monoisotopic (exact) mass is 381 g/mol. The van der Waals surface area contributed by atoms with Gasteiger partial charge in [-0.1, -0.05) is 18.1 Å². The molecule has 0 spiro atoms. The molecule has 4 rings (SSSR count). The van der Waals surface area contributed by atoms with Crippen molar-refractivity contribution in [3.63, 3.8) is 0 Å². The van der Waals surface area contributed by atoms with E-state index in [0.717, 1.165) is 55.9 Å². The van der Waals surface area contributed by atoms with Gasteiger partial charge in [-0.15, -0.1) is 0 Å². The molecular formula is C21H27N5O2. The topological polar surface area (TPSA) is 75.7 Å². The van der Waals surface area contributed by atoms with Crippen LogP contribution in [0.2, 0.25) is 0 Å². The Hall–Kier alpha value is -2.67. The van der Waals surface area contributed by atoms with Crippen molar-refractivity contribution in [2.24, 2.45) is 0 Å². The number of pyridine rings is 1. The van der Waals surface area contributed by atoms with Gasteiger partial charge in [0.2, 0.25) is 5.76 Å². The fraction of sp³-hybridized carbons (Fsp3) is 0.476. The number of carbonyl (C=O) groups is 1. The van der Waals surface area contributed by atoms with E-state index in [4.69, 9.17) is 4.52 Å². The molecule has 7 nitrogen and oxygen atoms in total. The van der Waals surface area contributed by atoms with E-state index in [1.165, 1.54) is 5.69 Å². The fourth-order valence-corrected chi connectivity index (χ4v) is 3.92. The molecule has 7 heteroatoms. The van der Waals surface area contributed by atoms with Gasteiger partial charge < -0.3 is 14.2 Å². The van der Waals surface area contributed by atoms with E-state index in [2.05, 4.69) is 37.9 Å². The molecule has 0 aromatic carbocycles. The van der Waals surface area contributed by atoms with Crippen molar-refractivity contribution in [3.8, 4) is 0 Å². The summed E-state index contributed by atoms with van der Waals surface area (Å²) < 4.78 is 7.47. The smallest absolute Gasteiger partial charge is 0.289 e. The average molecular weight is 381 g/mol. The molecule has 0 bridgehead atoms. The lowest BCUT2D eigenvalue weighted by Gasteiger charge is -2.31. The highest BCUT2D eigenvalue weighted by Crippen LogP contribution is 2.28. The number of nitrogens with one attached hydrogen (secondary N) is 1. The van der Waals surface area contributed by atoms with Gasteiger partial charge in [-0.2, -0.15) is 0 Å². The Morgan fingerprint density at radius 2 is 2.29 bits per heavy atom. The van der Waals surface area contributed by atoms with Crippen molar-refractivity contribution in [3.05, 3.63) is 53.3 Å². The van der Waals surface area contributed by atoms with Gasteiger partial charge in [0.1, 0.15) is 5.65 Å². The first-order valence-corrected chi connectivity index (χ1v) is 10.1. The molecule has 4 heterocycles. The lowest BCUT2D eigenvalue weighted by Crippen LogP contribution is -2.34. The molecule has 1 N–H and O–H groups in total. The van der Waals surface area contributed by atoms with Crippen LogP contribution in [0.3, 0.4) is 0 Å². The second kappa shape index (κ2) is 8.14. The summed E-state index contributed by atoms with van der Waals surface area (Å²) in [4.78, 5) is 19.2. The van der Waals surface area contributed by atoms with Crippen LogP contribution in [0.5, 0.6) is 0 Å². The van der Waals surface area contributed by atoms with Crippen LogP contribution in [0.4, 0.5) is 0 Å². The van der Waals surface area contributed by atoms with E-state index in [-0.39, 0.29) is 11.8 Å². The zero-order valence-corrected chi connectivity index (χ0v) is 16.5. The van der Waals surface area contributed by atoms with Crippen LogP contribution in [0, 0.1) is 6.92 Å². The predicted octanol–water partition coefficient (Wildman–Crippen LogP) is 3.15. The highest BCUT2D eigenvalue weighted by atomic mass is 16.5. The standard InChI is InChI=1S/C21H27N5O2/c1-3-9-22-21(27)19-12-17(24-28-19)16-7-6-10-25(13-16)14-18-15(2)23-20-8-4-5-11-26(18)20/h4-5,8,11-12,16H,3,6-7,9-10,13-14H2,1-2H3,(H,22,27). The van der Waals surface area contributed by atoms with Gasteiger partial charge >= 0.3 is 0 Å². The number of hydrogen-bond donors (Lipinski definition) is 1. The summed E-state index contributed by atoms with van der Waals surface area (Å²) in [5.41, 5.74) is 4.17. The van der Waals surface area contributed by atoms with Gasteiger partial charge in [0.15, 0.2) is 0 Å². The molecule has 1 unspecified atom stereocenters. The maximum atomic E-state index is 12.1. The van der Waals surface area contributed by atoms with E-state index in [1.807, 2.05) is 25.1 Å². The Labute approximate surface area is 164 Å². The van der Waals surface area contributed by atoms with Crippen LogP contribution < -0.4 is 5.32 Å². The zero-order chi connectivity index (χ0) is 19.5. The summed E-state index contributed by atoms with van der Waals surface area (Å²) in [5.74, 6) is 0.400. The van der Waals surface area contributed by atoms with Gasteiger partial charge in [0.05, 0.1) is 17.1 Å². The first-order valence-electron chi connectivity index (χ1n) is 10.1. The van der Waals surface area contributed by atoms with Crippen molar-refractivity contribution in [2.45, 2.75) is 45.6 Å². The van der Waals surface area contributed by atoms with Gasteiger partial charge in [-0.25, -0.2) is 4.98 Å². The third-order valence-electron chi connectivity index (χ3n) is 5.41. The molecule has 1 fully saturated rings. The lowest BCUT2D eigenvalue weighted by molar-refractivity contribution is 0.0916. The molecule has 1 amide bonds. The zero-order valence-electron chi connectivity index (χ0n) is 16.5. The first-order chi connectivity index (χ1) is 13.7. The van der Waals surface area contributed by atoms with Crippen molar-refractivity contribution in [1.29, 1.82) is 0 Å². The summed E-state index contributed by atoms with van der Waals surface area (Å²) >= 11 is 0. The van der Waals surface area contributed by atoms with Crippen LogP contribution in [-0.4, -0.2) is 45.0 Å². The number of carbonyl (C=O) groups excluding carboxylic acids is 1. The van der Waals surface area contributed by atoms with Crippen molar-refractivity contribution in [2.75, 3.05) is 19.6 Å². The van der Waals surface area contributed by atoms with E-state index >= 15 is 0 Å². The third kappa shape index (κ3) is 3.80. The van der Waals surface area contributed by atoms with Crippen LogP contribution in [0.1, 0.15) is 59.7 Å². The molecule has 3 aromatic heterocycles. The molecule has 1 atom stereocenters. The van der Waals surface area contributed by atoms with Crippen LogP contribution in [-0.2, 0) is 6.54 Å². The molecule has 0 radical (unpaired) electrons. The Morgan fingerprint density at radius 3 is 3.14 bits per heavy atom. The number of likely N-dealkylation sites (tertiary alicyclic amines) is 1. The number of imidazole rings is 1. The molecule has 0 saturated carbocycles. The largest absolute Gasteiger partial charge is 0.351 e. The summed E-state index contributed by atoms with van der Waals surface area (Å²) in [7, 11) is 0. The predicted molar refractivity (Wildman–Crippen MR) is 106 cm³/mol. The van der Waals surface area contributed by atoms with Crippen LogP contribution >= 0.6 is 0 Å². The number of piperidine rings is 1. The number of rotatable bonds is 6. The minimum atomic E-state index is -0.186. The summed E-state index contributed by atoms with van der Waals surface area (Å²) in [5, 5.41) is 7.02. The van der Waals surface area contributed by atoms with Gasteiger partial charge in [0.25, 0.3) is 5.91 Å². The number of nitrogens with zero attached hydrogens (tertiary/aromatic N) is 4. The Morgan fingerprint density at radius 1 is 1.39 bits per heavy atom. The molecule has 148 valence electrons. The molecule has 28 heavy (non-hydrogen) atoms. The molecular weight excluding hydrogens is 354 g/mol. The van der Waals surface area contributed by atoms with Gasteiger partial charge in [0, 0.05) is 37.8 Å². The Kier molecular flexibility index (Phi) is 5.43. The quantitative estimate of drug-likeness (QED) is 0.710. The molecule has 1 aliphatic rings. The highest BCUT2D eigenvalue weighted by molar-refractivity contribution is 5.91. The summed E-state index contributed by atoms with van der Waals surface area (Å²) in [6.07, 6.45) is 5.13. The minimum Gasteiger partial charge on any atom is -0.351 e. The Balaban J connectivity index is 1.45. The number of aromatic nitrogens is 3. The van der Waals surface area contributed by atoms with Crippen molar-refractivity contribution < 1.29 is 9.32 Å². The van der Waals surface area contributed by atoms with E-state index in [9.17, 15) is 4.79 Å². The van der Waals surface area contributed by atoms with Crippen LogP contribution in [0.15, 0.2) is 35.0 Å². The maximum absolute atomic E-state index is 12.1. The SMILES string of the molecule is CCCNC(=O)c1cc(C2CCCN(Cc3c(C)nc4ccccn34)C2)no1. The highest BCUT2D eigenvalue weighted by Gasteiger charge is 2.26. The minimum absolute atomic E-state index is 0.186. The van der Waals surface area contributed by atoms with Crippen molar-refractivity contribution in [1.82, 2.24) is 24.8 Å². The maximum Gasteiger partial charge on any atom is 0.289 e. The second-order valence-corrected chi connectivity index (χ2v) is 7.52. The van der Waals surface area contributed by atoms with E-state index in [0.29, 0.717) is 12.3 Å².